The third-order valence-corrected chi connectivity index (χ3v) is 2.33. The molecule has 1 aromatic heterocycles. The molecule has 0 aliphatic carbocycles. The smallest absolute Gasteiger partial charge is 0.254 e. The number of nitrogens with zero attached hydrogens (tertiary/aromatic N) is 1. The lowest BCUT2D eigenvalue weighted by Crippen LogP contribution is -2.10. The van der Waals surface area contributed by atoms with Gasteiger partial charge < -0.3 is 15.0 Å². The first kappa shape index (κ1) is 13.8. The largest absolute Gasteiger partial charge is 0.474 e. The molecule has 1 aromatic carbocycles. The first-order valence-electron chi connectivity index (χ1n) is 4.86. The monoisotopic (exact) mass is 274 g/mol. The average molecular weight is 275 g/mol. The van der Waals surface area contributed by atoms with Gasteiger partial charge in [-0.05, 0) is 17.3 Å². The summed E-state index contributed by atoms with van der Waals surface area (Å²) in [5.74, 6) is 0.998. The fourth-order valence-corrected chi connectivity index (χ4v) is 1.51. The van der Waals surface area contributed by atoms with Gasteiger partial charge in [-0.25, -0.2) is 0 Å². The lowest BCUT2D eigenvalue weighted by atomic mass is 10.2. The van der Waals surface area contributed by atoms with Crippen LogP contribution in [-0.2, 0) is 0 Å². The highest BCUT2D eigenvalue weighted by Gasteiger charge is 2.09. The van der Waals surface area contributed by atoms with Gasteiger partial charge in [0.05, 0.1) is 5.02 Å². The summed E-state index contributed by atoms with van der Waals surface area (Å²) in [7, 11) is 0. The summed E-state index contributed by atoms with van der Waals surface area (Å²) in [6.07, 6.45) is 0. The van der Waals surface area contributed by atoms with Crippen molar-refractivity contribution in [3.63, 3.8) is 0 Å². The van der Waals surface area contributed by atoms with Crippen molar-refractivity contribution < 1.29 is 9.26 Å². The molecule has 0 spiro atoms. The zero-order valence-corrected chi connectivity index (χ0v) is 10.5. The molecule has 4 nitrogen and oxygen atoms in total. The van der Waals surface area contributed by atoms with E-state index in [9.17, 15) is 0 Å². The SMILES string of the molecule is Cl.NCCOc1cc(-c2ccccc2Cl)on1. The van der Waals surface area contributed by atoms with Crippen molar-refractivity contribution in [3.05, 3.63) is 35.4 Å². The Bertz CT molecular complexity index is 474. The molecule has 17 heavy (non-hydrogen) atoms. The molecule has 0 bridgehead atoms. The van der Waals surface area contributed by atoms with Crippen LogP contribution in [0.3, 0.4) is 0 Å². The van der Waals surface area contributed by atoms with Gasteiger partial charge in [0.2, 0.25) is 0 Å². The van der Waals surface area contributed by atoms with Crippen molar-refractivity contribution >= 4 is 24.0 Å². The normalized spacial score (nSPS) is 9.76. The van der Waals surface area contributed by atoms with Crippen LogP contribution >= 0.6 is 24.0 Å². The maximum Gasteiger partial charge on any atom is 0.254 e. The predicted molar refractivity (Wildman–Crippen MR) is 68.7 cm³/mol. The standard InChI is InChI=1S/C11H11ClN2O2.ClH/c12-9-4-2-1-3-8(9)10-7-11(14-16-10)15-6-5-13;/h1-4,7H,5-6,13H2;1H. The highest BCUT2D eigenvalue weighted by Crippen LogP contribution is 2.29. The second kappa shape index (κ2) is 6.49. The van der Waals surface area contributed by atoms with Gasteiger partial charge in [0.15, 0.2) is 5.76 Å². The molecular formula is C11H12Cl2N2O2. The van der Waals surface area contributed by atoms with E-state index in [4.69, 9.17) is 26.6 Å². The van der Waals surface area contributed by atoms with Gasteiger partial charge in [0, 0.05) is 18.2 Å². The maximum atomic E-state index is 6.02. The molecule has 0 radical (unpaired) electrons. The van der Waals surface area contributed by atoms with Gasteiger partial charge in [-0.1, -0.05) is 23.7 Å². The number of halogens is 2. The van der Waals surface area contributed by atoms with Gasteiger partial charge in [-0.2, -0.15) is 0 Å². The number of benzene rings is 1. The van der Waals surface area contributed by atoms with Crippen LogP contribution in [0.25, 0.3) is 11.3 Å². The minimum absolute atomic E-state index is 0. The topological polar surface area (TPSA) is 61.3 Å². The Kier molecular flexibility index (Phi) is 5.28. The lowest BCUT2D eigenvalue weighted by molar-refractivity contribution is 0.288. The van der Waals surface area contributed by atoms with Crippen LogP contribution in [0.5, 0.6) is 5.88 Å². The number of aromatic nitrogens is 1. The van der Waals surface area contributed by atoms with Crippen molar-refractivity contribution in [2.75, 3.05) is 13.2 Å². The summed E-state index contributed by atoms with van der Waals surface area (Å²) in [6, 6.07) is 9.07. The highest BCUT2D eigenvalue weighted by molar-refractivity contribution is 6.33. The molecule has 1 heterocycles. The number of ether oxygens (including phenoxy) is 1. The average Bonchev–Trinajstić information content (AvgIpc) is 2.75. The van der Waals surface area contributed by atoms with Crippen molar-refractivity contribution in [1.29, 1.82) is 0 Å². The van der Waals surface area contributed by atoms with E-state index in [0.29, 0.717) is 29.8 Å². The molecule has 0 unspecified atom stereocenters. The van der Waals surface area contributed by atoms with Crippen LogP contribution in [-0.4, -0.2) is 18.3 Å². The summed E-state index contributed by atoms with van der Waals surface area (Å²) in [5.41, 5.74) is 6.10. The van der Waals surface area contributed by atoms with Crippen LogP contribution in [0, 0.1) is 0 Å². The van der Waals surface area contributed by atoms with E-state index in [2.05, 4.69) is 5.16 Å². The van der Waals surface area contributed by atoms with Crippen molar-refractivity contribution in [3.8, 4) is 17.2 Å². The molecular weight excluding hydrogens is 263 g/mol. The van der Waals surface area contributed by atoms with Gasteiger partial charge in [0.25, 0.3) is 5.88 Å². The minimum Gasteiger partial charge on any atom is -0.474 e. The Hall–Kier alpha value is -1.23. The van der Waals surface area contributed by atoms with Crippen molar-refractivity contribution in [2.24, 2.45) is 5.73 Å². The van der Waals surface area contributed by atoms with E-state index < -0.39 is 0 Å². The first-order chi connectivity index (χ1) is 7.81. The third-order valence-electron chi connectivity index (χ3n) is 2.00. The number of hydrogen-bond donors (Lipinski definition) is 1. The van der Waals surface area contributed by atoms with E-state index in [1.165, 1.54) is 0 Å². The first-order valence-corrected chi connectivity index (χ1v) is 5.23. The van der Waals surface area contributed by atoms with E-state index in [-0.39, 0.29) is 12.4 Å². The predicted octanol–water partition coefficient (Wildman–Crippen LogP) is 2.75. The number of nitrogens with two attached hydrogens (primary N) is 1. The van der Waals surface area contributed by atoms with E-state index in [1.54, 1.807) is 12.1 Å². The fourth-order valence-electron chi connectivity index (χ4n) is 1.28. The van der Waals surface area contributed by atoms with Crippen molar-refractivity contribution in [2.45, 2.75) is 0 Å². The van der Waals surface area contributed by atoms with E-state index in [1.807, 2.05) is 18.2 Å². The molecule has 2 N–H and O–H groups in total. The lowest BCUT2D eigenvalue weighted by Gasteiger charge is -1.97. The van der Waals surface area contributed by atoms with Crippen molar-refractivity contribution in [1.82, 2.24) is 5.16 Å². The fraction of sp³-hybridized carbons (Fsp3) is 0.182. The molecule has 0 amide bonds. The van der Waals surface area contributed by atoms with Crippen LogP contribution in [0.4, 0.5) is 0 Å². The summed E-state index contributed by atoms with van der Waals surface area (Å²) in [4.78, 5) is 0. The maximum absolute atomic E-state index is 6.02. The molecule has 92 valence electrons. The molecule has 2 aromatic rings. The second-order valence-corrected chi connectivity index (χ2v) is 3.55. The Morgan fingerprint density at radius 2 is 2.12 bits per heavy atom. The molecule has 0 saturated heterocycles. The van der Waals surface area contributed by atoms with Gasteiger partial charge in [-0.15, -0.1) is 12.4 Å². The quantitative estimate of drug-likeness (QED) is 0.931. The Balaban J connectivity index is 0.00000144. The Morgan fingerprint density at radius 3 is 2.82 bits per heavy atom. The molecule has 0 saturated carbocycles. The van der Waals surface area contributed by atoms with E-state index in [0.717, 1.165) is 5.56 Å². The number of rotatable bonds is 4. The molecule has 0 atom stereocenters. The van der Waals surface area contributed by atoms with Crippen LogP contribution in [0.1, 0.15) is 0 Å². The van der Waals surface area contributed by atoms with Crippen LogP contribution in [0.15, 0.2) is 34.9 Å². The molecule has 6 heteroatoms. The Morgan fingerprint density at radius 1 is 1.35 bits per heavy atom. The number of hydrogen-bond acceptors (Lipinski definition) is 4. The summed E-state index contributed by atoms with van der Waals surface area (Å²) in [5, 5.41) is 4.37. The highest BCUT2D eigenvalue weighted by atomic mass is 35.5. The zero-order chi connectivity index (χ0) is 11.4. The van der Waals surface area contributed by atoms with Gasteiger partial charge in [-0.3, -0.25) is 0 Å². The third kappa shape index (κ3) is 3.36. The zero-order valence-electron chi connectivity index (χ0n) is 8.93. The summed E-state index contributed by atoms with van der Waals surface area (Å²) < 4.78 is 10.4. The molecule has 0 aliphatic rings. The van der Waals surface area contributed by atoms with Crippen LogP contribution < -0.4 is 10.5 Å². The Labute approximate surface area is 110 Å². The van der Waals surface area contributed by atoms with E-state index >= 15 is 0 Å². The summed E-state index contributed by atoms with van der Waals surface area (Å²) >= 11 is 6.02. The summed E-state index contributed by atoms with van der Waals surface area (Å²) in [6.45, 7) is 0.850. The molecule has 0 aliphatic heterocycles. The van der Waals surface area contributed by atoms with Gasteiger partial charge >= 0.3 is 0 Å². The van der Waals surface area contributed by atoms with Crippen LogP contribution in [0.2, 0.25) is 5.02 Å². The second-order valence-electron chi connectivity index (χ2n) is 3.15. The molecule has 2 rings (SSSR count). The van der Waals surface area contributed by atoms with Gasteiger partial charge in [0.1, 0.15) is 6.61 Å². The molecule has 0 fully saturated rings. The minimum atomic E-state index is 0.